The van der Waals surface area contributed by atoms with Crippen molar-refractivity contribution in [1.82, 2.24) is 10.6 Å². The van der Waals surface area contributed by atoms with Gasteiger partial charge >= 0.3 is 0 Å². The quantitative estimate of drug-likeness (QED) is 0.781. The zero-order valence-corrected chi connectivity index (χ0v) is 11.7. The van der Waals surface area contributed by atoms with Gasteiger partial charge in [-0.25, -0.2) is 0 Å². The standard InChI is InChI=1S/C14H26N2O2/c1-13(5-4-8-15-10-13)11-16-12(17)9-14(18-2)6-3-7-14/h15H,3-11H2,1-2H3,(H,16,17). The van der Waals surface area contributed by atoms with E-state index in [1.165, 1.54) is 19.3 Å². The van der Waals surface area contributed by atoms with Crippen LogP contribution in [0.15, 0.2) is 0 Å². The number of ether oxygens (including phenoxy) is 1. The van der Waals surface area contributed by atoms with Crippen LogP contribution in [-0.2, 0) is 9.53 Å². The van der Waals surface area contributed by atoms with E-state index in [-0.39, 0.29) is 16.9 Å². The van der Waals surface area contributed by atoms with Gasteiger partial charge in [-0.15, -0.1) is 0 Å². The van der Waals surface area contributed by atoms with E-state index in [9.17, 15) is 4.79 Å². The molecule has 1 atom stereocenters. The summed E-state index contributed by atoms with van der Waals surface area (Å²) in [5.41, 5.74) is 0.0591. The Balaban J connectivity index is 1.74. The van der Waals surface area contributed by atoms with Gasteiger partial charge in [-0.1, -0.05) is 6.92 Å². The number of rotatable bonds is 5. The predicted molar refractivity (Wildman–Crippen MR) is 71.4 cm³/mol. The predicted octanol–water partition coefficient (Wildman–Crippen LogP) is 1.45. The molecule has 0 aromatic rings. The van der Waals surface area contributed by atoms with Crippen molar-refractivity contribution in [2.75, 3.05) is 26.7 Å². The molecule has 1 unspecified atom stereocenters. The van der Waals surface area contributed by atoms with E-state index < -0.39 is 0 Å². The summed E-state index contributed by atoms with van der Waals surface area (Å²) >= 11 is 0. The van der Waals surface area contributed by atoms with Crippen molar-refractivity contribution in [2.45, 2.75) is 51.0 Å². The van der Waals surface area contributed by atoms with Gasteiger partial charge in [-0.3, -0.25) is 4.79 Å². The number of piperidine rings is 1. The molecule has 1 aliphatic carbocycles. The lowest BCUT2D eigenvalue weighted by atomic mass is 9.77. The van der Waals surface area contributed by atoms with Gasteiger partial charge in [0.1, 0.15) is 0 Å². The fourth-order valence-corrected chi connectivity index (χ4v) is 2.96. The maximum atomic E-state index is 12.0. The van der Waals surface area contributed by atoms with Crippen LogP contribution in [0.2, 0.25) is 0 Å². The highest BCUT2D eigenvalue weighted by molar-refractivity contribution is 5.77. The third-order valence-corrected chi connectivity index (χ3v) is 4.58. The van der Waals surface area contributed by atoms with Gasteiger partial charge in [0.15, 0.2) is 0 Å². The first-order valence-electron chi connectivity index (χ1n) is 7.10. The van der Waals surface area contributed by atoms with E-state index in [0.717, 1.165) is 32.5 Å². The number of carbonyl (C=O) groups excluding carboxylic acids is 1. The minimum absolute atomic E-state index is 0.142. The van der Waals surface area contributed by atoms with Crippen molar-refractivity contribution in [2.24, 2.45) is 5.41 Å². The summed E-state index contributed by atoms with van der Waals surface area (Å²) < 4.78 is 5.49. The van der Waals surface area contributed by atoms with Crippen molar-refractivity contribution in [3.8, 4) is 0 Å². The zero-order valence-electron chi connectivity index (χ0n) is 11.7. The van der Waals surface area contributed by atoms with Crippen LogP contribution in [-0.4, -0.2) is 38.3 Å². The summed E-state index contributed by atoms with van der Waals surface area (Å²) in [6.07, 6.45) is 6.14. The summed E-state index contributed by atoms with van der Waals surface area (Å²) in [6.45, 7) is 5.13. The smallest absolute Gasteiger partial charge is 0.222 e. The van der Waals surface area contributed by atoms with Crippen LogP contribution in [0.5, 0.6) is 0 Å². The fourth-order valence-electron chi connectivity index (χ4n) is 2.96. The Labute approximate surface area is 110 Å². The molecule has 2 N–H and O–H groups in total. The number of methoxy groups -OCH3 is 1. The third kappa shape index (κ3) is 3.23. The van der Waals surface area contributed by atoms with Crippen molar-refractivity contribution < 1.29 is 9.53 Å². The van der Waals surface area contributed by atoms with E-state index in [1.807, 2.05) is 0 Å². The first-order chi connectivity index (χ1) is 8.58. The molecule has 0 aromatic carbocycles. The first-order valence-corrected chi connectivity index (χ1v) is 7.10. The lowest BCUT2D eigenvalue weighted by Crippen LogP contribution is -2.48. The number of hydrogen-bond acceptors (Lipinski definition) is 3. The molecular formula is C14H26N2O2. The summed E-state index contributed by atoms with van der Waals surface area (Å²) in [7, 11) is 1.72. The largest absolute Gasteiger partial charge is 0.378 e. The van der Waals surface area contributed by atoms with Crippen LogP contribution in [0.25, 0.3) is 0 Å². The minimum atomic E-state index is -0.157. The Bertz CT molecular complexity index is 289. The molecule has 1 heterocycles. The second-order valence-electron chi connectivity index (χ2n) is 6.29. The fraction of sp³-hybridized carbons (Fsp3) is 0.929. The molecule has 0 spiro atoms. The molecule has 1 saturated carbocycles. The molecule has 0 aromatic heterocycles. The van der Waals surface area contributed by atoms with Gasteiger partial charge in [-0.2, -0.15) is 0 Å². The summed E-state index contributed by atoms with van der Waals surface area (Å²) in [6, 6.07) is 0. The number of carbonyl (C=O) groups is 1. The minimum Gasteiger partial charge on any atom is -0.378 e. The molecule has 18 heavy (non-hydrogen) atoms. The van der Waals surface area contributed by atoms with Crippen molar-refractivity contribution in [3.63, 3.8) is 0 Å². The van der Waals surface area contributed by atoms with E-state index in [4.69, 9.17) is 4.74 Å². The second kappa shape index (κ2) is 5.57. The van der Waals surface area contributed by atoms with Crippen LogP contribution in [0.4, 0.5) is 0 Å². The summed E-state index contributed by atoms with van der Waals surface area (Å²) in [5.74, 6) is 0.142. The highest BCUT2D eigenvalue weighted by atomic mass is 16.5. The van der Waals surface area contributed by atoms with Gasteiger partial charge < -0.3 is 15.4 Å². The van der Waals surface area contributed by atoms with E-state index >= 15 is 0 Å². The average molecular weight is 254 g/mol. The molecule has 0 radical (unpaired) electrons. The van der Waals surface area contributed by atoms with Gasteiger partial charge in [-0.05, 0) is 44.1 Å². The van der Waals surface area contributed by atoms with Crippen LogP contribution >= 0.6 is 0 Å². The van der Waals surface area contributed by atoms with Crippen molar-refractivity contribution in [1.29, 1.82) is 0 Å². The molecular weight excluding hydrogens is 228 g/mol. The van der Waals surface area contributed by atoms with Gasteiger partial charge in [0, 0.05) is 20.2 Å². The molecule has 1 saturated heterocycles. The van der Waals surface area contributed by atoms with Crippen LogP contribution in [0, 0.1) is 5.41 Å². The number of hydrogen-bond donors (Lipinski definition) is 2. The highest BCUT2D eigenvalue weighted by Gasteiger charge is 2.39. The SMILES string of the molecule is COC1(CC(=O)NCC2(C)CCCNC2)CCC1. The zero-order chi connectivity index (χ0) is 13.1. The lowest BCUT2D eigenvalue weighted by Gasteiger charge is -2.40. The Kier molecular flexibility index (Phi) is 4.28. The molecule has 4 nitrogen and oxygen atoms in total. The van der Waals surface area contributed by atoms with Crippen LogP contribution < -0.4 is 10.6 Å². The van der Waals surface area contributed by atoms with E-state index in [1.54, 1.807) is 7.11 Å². The molecule has 0 bridgehead atoms. The molecule has 1 amide bonds. The molecule has 2 fully saturated rings. The van der Waals surface area contributed by atoms with Crippen LogP contribution in [0.1, 0.15) is 45.4 Å². The van der Waals surface area contributed by atoms with Gasteiger partial charge in [0.25, 0.3) is 0 Å². The Morgan fingerprint density at radius 2 is 2.11 bits per heavy atom. The Hall–Kier alpha value is -0.610. The maximum absolute atomic E-state index is 12.0. The summed E-state index contributed by atoms with van der Waals surface area (Å²) in [5, 5.41) is 6.50. The summed E-state index contributed by atoms with van der Waals surface area (Å²) in [4.78, 5) is 12.0. The Morgan fingerprint density at radius 3 is 2.61 bits per heavy atom. The van der Waals surface area contributed by atoms with Crippen molar-refractivity contribution in [3.05, 3.63) is 0 Å². The number of nitrogens with one attached hydrogen (secondary N) is 2. The topological polar surface area (TPSA) is 50.4 Å². The van der Waals surface area contributed by atoms with Crippen LogP contribution in [0.3, 0.4) is 0 Å². The normalized spacial score (nSPS) is 30.6. The lowest BCUT2D eigenvalue weighted by molar-refractivity contribution is -0.134. The monoisotopic (exact) mass is 254 g/mol. The number of amides is 1. The van der Waals surface area contributed by atoms with E-state index in [0.29, 0.717) is 6.42 Å². The van der Waals surface area contributed by atoms with E-state index in [2.05, 4.69) is 17.6 Å². The molecule has 4 heteroatoms. The third-order valence-electron chi connectivity index (χ3n) is 4.58. The molecule has 2 rings (SSSR count). The van der Waals surface area contributed by atoms with Crippen molar-refractivity contribution >= 4 is 5.91 Å². The Morgan fingerprint density at radius 1 is 1.33 bits per heavy atom. The maximum Gasteiger partial charge on any atom is 0.222 e. The highest BCUT2D eigenvalue weighted by Crippen LogP contribution is 2.37. The van der Waals surface area contributed by atoms with Gasteiger partial charge in [0.2, 0.25) is 5.91 Å². The van der Waals surface area contributed by atoms with Gasteiger partial charge in [0.05, 0.1) is 12.0 Å². The molecule has 104 valence electrons. The molecule has 1 aliphatic heterocycles. The second-order valence-corrected chi connectivity index (χ2v) is 6.29. The first kappa shape index (κ1) is 13.8. The average Bonchev–Trinajstić information content (AvgIpc) is 2.32. The molecule has 2 aliphatic rings.